The number of aromatic nitrogens is 1. The van der Waals surface area contributed by atoms with E-state index in [9.17, 15) is 0 Å². The van der Waals surface area contributed by atoms with Gasteiger partial charge in [0.05, 0.1) is 24.2 Å². The van der Waals surface area contributed by atoms with Gasteiger partial charge < -0.3 is 14.2 Å². The molecule has 23 heavy (non-hydrogen) atoms. The molecule has 0 atom stereocenters. The third kappa shape index (κ3) is 3.24. The molecule has 0 spiro atoms. The zero-order valence-electron chi connectivity index (χ0n) is 13.1. The third-order valence-electron chi connectivity index (χ3n) is 3.47. The largest absolute Gasteiger partial charge is 0.493 e. The van der Waals surface area contributed by atoms with E-state index in [4.69, 9.17) is 14.2 Å². The van der Waals surface area contributed by atoms with Crippen molar-refractivity contribution in [2.45, 2.75) is 6.92 Å². The van der Waals surface area contributed by atoms with Crippen LogP contribution < -0.4 is 14.2 Å². The topological polar surface area (TPSA) is 40.6 Å². The normalized spacial score (nSPS) is 10.6. The first-order chi connectivity index (χ1) is 11.1. The summed E-state index contributed by atoms with van der Waals surface area (Å²) in [7, 11) is 3.22. The van der Waals surface area contributed by atoms with E-state index in [1.54, 1.807) is 14.2 Å². The van der Waals surface area contributed by atoms with Crippen molar-refractivity contribution in [3.8, 4) is 23.1 Å². The maximum absolute atomic E-state index is 5.87. The molecule has 0 radical (unpaired) electrons. The van der Waals surface area contributed by atoms with Crippen molar-refractivity contribution >= 4 is 26.8 Å². The van der Waals surface area contributed by atoms with Gasteiger partial charge in [-0.15, -0.1) is 0 Å². The highest BCUT2D eigenvalue weighted by molar-refractivity contribution is 9.10. The number of nitrogens with zero attached hydrogens (tertiary/aromatic N) is 1. The highest BCUT2D eigenvalue weighted by Gasteiger charge is 2.09. The number of hydrogen-bond donors (Lipinski definition) is 0. The highest BCUT2D eigenvalue weighted by atomic mass is 79.9. The molecule has 3 rings (SSSR count). The number of hydrogen-bond acceptors (Lipinski definition) is 4. The maximum atomic E-state index is 5.87. The lowest BCUT2D eigenvalue weighted by atomic mass is 10.2. The van der Waals surface area contributed by atoms with Crippen molar-refractivity contribution in [1.82, 2.24) is 4.98 Å². The fraction of sp³-hybridized carbons (Fsp3) is 0.167. The summed E-state index contributed by atoms with van der Waals surface area (Å²) in [5.41, 5.74) is 1.94. The van der Waals surface area contributed by atoms with Crippen LogP contribution >= 0.6 is 15.9 Å². The van der Waals surface area contributed by atoms with Crippen LogP contribution in [0.3, 0.4) is 0 Å². The van der Waals surface area contributed by atoms with Gasteiger partial charge in [-0.25, -0.2) is 4.98 Å². The van der Waals surface area contributed by atoms with Crippen LogP contribution in [0.2, 0.25) is 0 Å². The maximum Gasteiger partial charge on any atom is 0.219 e. The second-order valence-corrected chi connectivity index (χ2v) is 5.94. The molecule has 5 heteroatoms. The molecule has 0 N–H and O–H groups in total. The Hall–Kier alpha value is -2.27. The number of fused-ring (bicyclic) bond motifs is 1. The Morgan fingerprint density at radius 1 is 0.870 bits per heavy atom. The number of rotatable bonds is 4. The Morgan fingerprint density at radius 2 is 1.61 bits per heavy atom. The van der Waals surface area contributed by atoms with Gasteiger partial charge in [-0.1, -0.05) is 6.07 Å². The fourth-order valence-corrected chi connectivity index (χ4v) is 2.86. The van der Waals surface area contributed by atoms with Crippen LogP contribution in [-0.4, -0.2) is 19.2 Å². The Labute approximate surface area is 143 Å². The molecule has 0 saturated carbocycles. The second kappa shape index (κ2) is 6.46. The minimum absolute atomic E-state index is 0.522. The van der Waals surface area contributed by atoms with E-state index in [1.165, 1.54) is 0 Å². The number of methoxy groups -OCH3 is 2. The predicted octanol–water partition coefficient (Wildman–Crippen LogP) is 5.12. The van der Waals surface area contributed by atoms with Gasteiger partial charge in [-0.2, -0.15) is 0 Å². The molecule has 0 saturated heterocycles. The van der Waals surface area contributed by atoms with Crippen molar-refractivity contribution in [3.63, 3.8) is 0 Å². The van der Waals surface area contributed by atoms with Crippen LogP contribution in [0, 0.1) is 6.92 Å². The molecule has 0 unspecified atom stereocenters. The van der Waals surface area contributed by atoms with Gasteiger partial charge >= 0.3 is 0 Å². The summed E-state index contributed by atoms with van der Waals surface area (Å²) in [6, 6.07) is 13.4. The minimum atomic E-state index is 0.522. The van der Waals surface area contributed by atoms with Crippen molar-refractivity contribution in [2.24, 2.45) is 0 Å². The summed E-state index contributed by atoms with van der Waals surface area (Å²) in [5, 5.41) is 0.956. The highest BCUT2D eigenvalue weighted by Crippen LogP contribution is 2.34. The summed E-state index contributed by atoms with van der Waals surface area (Å²) in [6.07, 6.45) is 0. The molecule has 0 bridgehead atoms. The number of pyridine rings is 1. The number of aryl methyl sites for hydroxylation is 1. The molecule has 118 valence electrons. The average molecular weight is 374 g/mol. The first kappa shape index (κ1) is 15.6. The lowest BCUT2D eigenvalue weighted by Crippen LogP contribution is -1.93. The van der Waals surface area contributed by atoms with Crippen molar-refractivity contribution in [2.75, 3.05) is 14.2 Å². The molecular formula is C18H16BrNO3. The first-order valence-electron chi connectivity index (χ1n) is 7.07. The van der Waals surface area contributed by atoms with Gasteiger partial charge in [0.25, 0.3) is 0 Å². The van der Waals surface area contributed by atoms with E-state index in [1.807, 2.05) is 49.4 Å². The van der Waals surface area contributed by atoms with Crippen LogP contribution in [0.25, 0.3) is 10.9 Å². The first-order valence-corrected chi connectivity index (χ1v) is 7.87. The molecule has 1 aromatic heterocycles. The van der Waals surface area contributed by atoms with Gasteiger partial charge in [0.1, 0.15) is 5.75 Å². The van der Waals surface area contributed by atoms with Crippen molar-refractivity contribution in [1.29, 1.82) is 0 Å². The van der Waals surface area contributed by atoms with Crippen LogP contribution in [0.1, 0.15) is 5.56 Å². The average Bonchev–Trinajstić information content (AvgIpc) is 2.56. The lowest BCUT2D eigenvalue weighted by Gasteiger charge is -2.11. The second-order valence-electron chi connectivity index (χ2n) is 5.09. The number of benzene rings is 2. The van der Waals surface area contributed by atoms with E-state index in [-0.39, 0.29) is 0 Å². The quantitative estimate of drug-likeness (QED) is 0.636. The minimum Gasteiger partial charge on any atom is -0.493 e. The standard InChI is InChI=1S/C18H16BrNO3/c1-11-4-6-15(13(19)8-11)23-18-7-5-12-9-16(21-2)17(22-3)10-14(12)20-18/h4-10H,1-3H3. The van der Waals surface area contributed by atoms with Gasteiger partial charge in [-0.05, 0) is 52.7 Å². The molecule has 0 amide bonds. The molecule has 0 aliphatic rings. The van der Waals surface area contributed by atoms with Gasteiger partial charge in [0.2, 0.25) is 5.88 Å². The Bertz CT molecular complexity index is 864. The van der Waals surface area contributed by atoms with E-state index in [2.05, 4.69) is 20.9 Å². The molecule has 0 fully saturated rings. The SMILES string of the molecule is COc1cc2ccc(Oc3ccc(C)cc3Br)nc2cc1OC. The summed E-state index contributed by atoms with van der Waals surface area (Å²) >= 11 is 3.51. The van der Waals surface area contributed by atoms with E-state index in [0.29, 0.717) is 17.4 Å². The summed E-state index contributed by atoms with van der Waals surface area (Å²) < 4.78 is 17.4. The van der Waals surface area contributed by atoms with Gasteiger partial charge in [-0.3, -0.25) is 0 Å². The lowest BCUT2D eigenvalue weighted by molar-refractivity contribution is 0.355. The molecule has 3 aromatic rings. The van der Waals surface area contributed by atoms with Crippen molar-refractivity contribution in [3.05, 3.63) is 52.5 Å². The van der Waals surface area contributed by atoms with Crippen LogP contribution in [0.15, 0.2) is 46.9 Å². The van der Waals surface area contributed by atoms with Crippen molar-refractivity contribution < 1.29 is 14.2 Å². The number of ether oxygens (including phenoxy) is 3. The fourth-order valence-electron chi connectivity index (χ4n) is 2.29. The summed E-state index contributed by atoms with van der Waals surface area (Å²) in [5.74, 6) is 2.56. The van der Waals surface area contributed by atoms with Gasteiger partial charge in [0, 0.05) is 17.5 Å². The molecule has 2 aromatic carbocycles. The zero-order valence-corrected chi connectivity index (χ0v) is 14.7. The Kier molecular flexibility index (Phi) is 4.39. The Morgan fingerprint density at radius 3 is 2.30 bits per heavy atom. The molecule has 1 heterocycles. The molecule has 0 aliphatic heterocycles. The molecular weight excluding hydrogens is 358 g/mol. The molecule has 0 aliphatic carbocycles. The predicted molar refractivity (Wildman–Crippen MR) is 93.8 cm³/mol. The summed E-state index contributed by atoms with van der Waals surface area (Å²) in [4.78, 5) is 4.54. The van der Waals surface area contributed by atoms with Crippen LogP contribution in [0.5, 0.6) is 23.1 Å². The smallest absolute Gasteiger partial charge is 0.219 e. The third-order valence-corrected chi connectivity index (χ3v) is 4.09. The van der Waals surface area contributed by atoms with Crippen LogP contribution in [0.4, 0.5) is 0 Å². The monoisotopic (exact) mass is 373 g/mol. The molecule has 4 nitrogen and oxygen atoms in total. The van der Waals surface area contributed by atoms with Gasteiger partial charge in [0.15, 0.2) is 11.5 Å². The zero-order chi connectivity index (χ0) is 16.4. The van der Waals surface area contributed by atoms with E-state index >= 15 is 0 Å². The Balaban J connectivity index is 1.99. The van der Waals surface area contributed by atoms with E-state index in [0.717, 1.165) is 26.7 Å². The van der Waals surface area contributed by atoms with Crippen LogP contribution in [-0.2, 0) is 0 Å². The van der Waals surface area contributed by atoms with E-state index < -0.39 is 0 Å². The summed E-state index contributed by atoms with van der Waals surface area (Å²) in [6.45, 7) is 2.03. The number of halogens is 1.